The minimum absolute atomic E-state index is 0.278. The SMILES string of the molecule is CCCC[C@H](CC)CNC(=O)COC(=O)c1cccc(C)c1N. The molecule has 0 bridgehead atoms. The average Bonchev–Trinajstić information content (AvgIpc) is 2.55. The van der Waals surface area contributed by atoms with Crippen molar-refractivity contribution in [2.75, 3.05) is 18.9 Å². The van der Waals surface area contributed by atoms with Gasteiger partial charge in [-0.2, -0.15) is 0 Å². The Balaban J connectivity index is 2.40. The van der Waals surface area contributed by atoms with Crippen LogP contribution in [-0.2, 0) is 9.53 Å². The largest absolute Gasteiger partial charge is 0.452 e. The van der Waals surface area contributed by atoms with E-state index in [-0.39, 0.29) is 12.5 Å². The van der Waals surface area contributed by atoms with E-state index in [1.54, 1.807) is 12.1 Å². The van der Waals surface area contributed by atoms with Crippen LogP contribution in [0.3, 0.4) is 0 Å². The zero-order chi connectivity index (χ0) is 17.2. The van der Waals surface area contributed by atoms with E-state index in [9.17, 15) is 9.59 Å². The van der Waals surface area contributed by atoms with E-state index in [2.05, 4.69) is 19.2 Å². The minimum atomic E-state index is -0.570. The second kappa shape index (κ2) is 9.87. The molecule has 128 valence electrons. The van der Waals surface area contributed by atoms with Gasteiger partial charge in [-0.15, -0.1) is 0 Å². The molecule has 0 saturated heterocycles. The summed E-state index contributed by atoms with van der Waals surface area (Å²) in [7, 11) is 0. The number of nitrogens with one attached hydrogen (secondary N) is 1. The number of esters is 1. The molecule has 0 spiro atoms. The quantitative estimate of drug-likeness (QED) is 0.541. The fraction of sp³-hybridized carbons (Fsp3) is 0.556. The Morgan fingerprint density at radius 3 is 2.70 bits per heavy atom. The summed E-state index contributed by atoms with van der Waals surface area (Å²) in [6.45, 7) is 6.44. The molecule has 0 aliphatic carbocycles. The molecule has 23 heavy (non-hydrogen) atoms. The van der Waals surface area contributed by atoms with Crippen molar-refractivity contribution in [1.82, 2.24) is 5.32 Å². The van der Waals surface area contributed by atoms with Crippen LogP contribution in [-0.4, -0.2) is 25.0 Å². The van der Waals surface area contributed by atoms with Gasteiger partial charge in [0, 0.05) is 12.2 Å². The smallest absolute Gasteiger partial charge is 0.340 e. The number of ether oxygens (including phenoxy) is 1. The Hall–Kier alpha value is -2.04. The van der Waals surface area contributed by atoms with Gasteiger partial charge in [-0.05, 0) is 30.9 Å². The van der Waals surface area contributed by atoms with Crippen molar-refractivity contribution < 1.29 is 14.3 Å². The van der Waals surface area contributed by atoms with Gasteiger partial charge in [-0.25, -0.2) is 4.79 Å². The molecule has 1 rings (SSSR count). The molecule has 1 aromatic carbocycles. The number of benzene rings is 1. The highest BCUT2D eigenvalue weighted by Gasteiger charge is 2.14. The van der Waals surface area contributed by atoms with E-state index in [1.165, 1.54) is 0 Å². The molecule has 0 fully saturated rings. The molecule has 0 radical (unpaired) electrons. The number of carbonyl (C=O) groups is 2. The topological polar surface area (TPSA) is 81.4 Å². The number of para-hydroxylation sites is 1. The molecular formula is C18H28N2O3. The van der Waals surface area contributed by atoms with Crippen molar-refractivity contribution in [3.05, 3.63) is 29.3 Å². The monoisotopic (exact) mass is 320 g/mol. The summed E-state index contributed by atoms with van der Waals surface area (Å²) in [4.78, 5) is 23.8. The third-order valence-electron chi connectivity index (χ3n) is 4.01. The van der Waals surface area contributed by atoms with Crippen molar-refractivity contribution in [3.8, 4) is 0 Å². The van der Waals surface area contributed by atoms with Crippen LogP contribution >= 0.6 is 0 Å². The number of aryl methyl sites for hydroxylation is 1. The van der Waals surface area contributed by atoms with Crippen molar-refractivity contribution in [1.29, 1.82) is 0 Å². The van der Waals surface area contributed by atoms with Crippen LogP contribution in [0.4, 0.5) is 5.69 Å². The van der Waals surface area contributed by atoms with Gasteiger partial charge < -0.3 is 15.8 Å². The summed E-state index contributed by atoms with van der Waals surface area (Å²) in [6, 6.07) is 5.16. The Kier molecular flexibility index (Phi) is 8.16. The molecule has 0 saturated carbocycles. The van der Waals surface area contributed by atoms with E-state index in [1.807, 2.05) is 13.0 Å². The van der Waals surface area contributed by atoms with Crippen LogP contribution < -0.4 is 11.1 Å². The van der Waals surface area contributed by atoms with Crippen molar-refractivity contribution in [2.24, 2.45) is 5.92 Å². The number of hydrogen-bond acceptors (Lipinski definition) is 4. The van der Waals surface area contributed by atoms with Crippen LogP contribution in [0.2, 0.25) is 0 Å². The number of anilines is 1. The van der Waals surface area contributed by atoms with E-state index in [4.69, 9.17) is 10.5 Å². The summed E-state index contributed by atoms with van der Waals surface area (Å²) in [5.41, 5.74) is 7.35. The highest BCUT2D eigenvalue weighted by Crippen LogP contribution is 2.17. The predicted molar refractivity (Wildman–Crippen MR) is 92.2 cm³/mol. The summed E-state index contributed by atoms with van der Waals surface area (Å²) in [5, 5.41) is 2.83. The summed E-state index contributed by atoms with van der Waals surface area (Å²) in [6.07, 6.45) is 4.45. The lowest BCUT2D eigenvalue weighted by Gasteiger charge is -2.15. The summed E-state index contributed by atoms with van der Waals surface area (Å²) < 4.78 is 5.04. The molecule has 5 heteroatoms. The molecular weight excluding hydrogens is 292 g/mol. The van der Waals surface area contributed by atoms with Gasteiger partial charge >= 0.3 is 5.97 Å². The third kappa shape index (κ3) is 6.30. The van der Waals surface area contributed by atoms with Gasteiger partial charge in [0.15, 0.2) is 6.61 Å². The number of rotatable bonds is 9. The molecule has 5 nitrogen and oxygen atoms in total. The Morgan fingerprint density at radius 2 is 2.04 bits per heavy atom. The van der Waals surface area contributed by atoms with Gasteiger partial charge in [-0.3, -0.25) is 4.79 Å². The van der Waals surface area contributed by atoms with Gasteiger partial charge in [0.1, 0.15) is 0 Å². The first-order chi connectivity index (χ1) is 11.0. The Labute approximate surface area is 138 Å². The zero-order valence-electron chi connectivity index (χ0n) is 14.4. The second-order valence-corrected chi connectivity index (χ2v) is 5.83. The first-order valence-corrected chi connectivity index (χ1v) is 8.28. The highest BCUT2D eigenvalue weighted by atomic mass is 16.5. The fourth-order valence-electron chi connectivity index (χ4n) is 2.32. The molecule has 1 amide bonds. The van der Waals surface area contributed by atoms with Crippen LogP contribution in [0.1, 0.15) is 55.5 Å². The molecule has 0 aliphatic rings. The van der Waals surface area contributed by atoms with Crippen LogP contribution in [0.5, 0.6) is 0 Å². The van der Waals surface area contributed by atoms with E-state index < -0.39 is 5.97 Å². The van der Waals surface area contributed by atoms with E-state index in [0.29, 0.717) is 23.7 Å². The maximum Gasteiger partial charge on any atom is 0.340 e. The van der Waals surface area contributed by atoms with Crippen molar-refractivity contribution in [3.63, 3.8) is 0 Å². The molecule has 0 unspecified atom stereocenters. The normalized spacial score (nSPS) is 11.8. The number of amides is 1. The number of nitrogen functional groups attached to an aromatic ring is 1. The molecule has 0 aromatic heterocycles. The van der Waals surface area contributed by atoms with Crippen molar-refractivity contribution in [2.45, 2.75) is 46.5 Å². The van der Waals surface area contributed by atoms with E-state index in [0.717, 1.165) is 31.2 Å². The van der Waals surface area contributed by atoms with Gasteiger partial charge in [0.25, 0.3) is 5.91 Å². The Bertz CT molecular complexity index is 529. The maximum atomic E-state index is 12.0. The zero-order valence-corrected chi connectivity index (χ0v) is 14.4. The number of carbonyl (C=O) groups excluding carboxylic acids is 2. The van der Waals surface area contributed by atoms with Gasteiger partial charge in [0.05, 0.1) is 5.56 Å². The second-order valence-electron chi connectivity index (χ2n) is 5.83. The summed E-state index contributed by atoms with van der Waals surface area (Å²) >= 11 is 0. The number of nitrogens with two attached hydrogens (primary N) is 1. The molecule has 3 N–H and O–H groups in total. The number of unbranched alkanes of at least 4 members (excludes halogenated alkanes) is 1. The third-order valence-corrected chi connectivity index (χ3v) is 4.01. The lowest BCUT2D eigenvalue weighted by Crippen LogP contribution is -2.33. The minimum Gasteiger partial charge on any atom is -0.452 e. The molecule has 1 aromatic rings. The van der Waals surface area contributed by atoms with E-state index >= 15 is 0 Å². The Morgan fingerprint density at radius 1 is 1.30 bits per heavy atom. The van der Waals surface area contributed by atoms with Crippen molar-refractivity contribution >= 4 is 17.6 Å². The van der Waals surface area contributed by atoms with Gasteiger partial charge in [-0.1, -0.05) is 45.2 Å². The standard InChI is InChI=1S/C18H28N2O3/c1-4-6-9-14(5-2)11-20-16(21)12-23-18(22)15-10-7-8-13(3)17(15)19/h7-8,10,14H,4-6,9,11-12,19H2,1-3H3,(H,20,21)/t14-/m0/s1. The summed E-state index contributed by atoms with van der Waals surface area (Å²) in [5.74, 6) is -0.374. The van der Waals surface area contributed by atoms with Crippen LogP contribution in [0.25, 0.3) is 0 Å². The maximum absolute atomic E-state index is 12.0. The molecule has 1 atom stereocenters. The highest BCUT2D eigenvalue weighted by molar-refractivity contribution is 5.96. The fourth-order valence-corrected chi connectivity index (χ4v) is 2.32. The van der Waals surface area contributed by atoms with Crippen LogP contribution in [0, 0.1) is 12.8 Å². The number of hydrogen-bond donors (Lipinski definition) is 2. The first kappa shape index (κ1) is 19.0. The first-order valence-electron chi connectivity index (χ1n) is 8.28. The van der Waals surface area contributed by atoms with Crippen LogP contribution in [0.15, 0.2) is 18.2 Å². The predicted octanol–water partition coefficient (Wildman–Crippen LogP) is 3.07. The lowest BCUT2D eigenvalue weighted by molar-refractivity contribution is -0.124. The average molecular weight is 320 g/mol. The lowest BCUT2D eigenvalue weighted by atomic mass is 9.99. The van der Waals surface area contributed by atoms with Gasteiger partial charge in [0.2, 0.25) is 0 Å². The molecule has 0 heterocycles. The molecule has 0 aliphatic heterocycles.